The molecule has 0 bridgehead atoms. The molecule has 0 atom stereocenters. The average molecular weight is 284 g/mol. The smallest absolute Gasteiger partial charge is 0.244 e. The normalized spacial score (nSPS) is 11.8. The highest BCUT2D eigenvalue weighted by Crippen LogP contribution is 2.22. The zero-order valence-corrected chi connectivity index (χ0v) is 13.0. The second-order valence-electron chi connectivity index (χ2n) is 5.36. The third-order valence-corrected chi connectivity index (χ3v) is 2.88. The van der Waals surface area contributed by atoms with Gasteiger partial charge in [-0.05, 0) is 32.8 Å². The van der Waals surface area contributed by atoms with E-state index < -0.39 is 0 Å². The summed E-state index contributed by atoms with van der Waals surface area (Å²) < 4.78 is 1.78. The highest BCUT2D eigenvalue weighted by molar-refractivity contribution is 6.31. The zero-order valence-electron chi connectivity index (χ0n) is 12.2. The lowest BCUT2D eigenvalue weighted by Crippen LogP contribution is -2.28. The maximum Gasteiger partial charge on any atom is 0.244 e. The Hall–Kier alpha value is -1.29. The Kier molecular flexibility index (Phi) is 5.60. The summed E-state index contributed by atoms with van der Waals surface area (Å²) in [7, 11) is 0. The predicted octanol–water partition coefficient (Wildman–Crippen LogP) is 3.04. The van der Waals surface area contributed by atoms with E-state index in [2.05, 4.69) is 24.3 Å². The summed E-state index contributed by atoms with van der Waals surface area (Å²) in [5.41, 5.74) is 1.64. The molecule has 0 radical (unpaired) electrons. The van der Waals surface area contributed by atoms with Gasteiger partial charge in [0.05, 0.1) is 5.69 Å². The lowest BCUT2D eigenvalue weighted by Gasteiger charge is -2.06. The van der Waals surface area contributed by atoms with Crippen LogP contribution in [-0.2, 0) is 11.3 Å². The monoisotopic (exact) mass is 283 g/mol. The van der Waals surface area contributed by atoms with Crippen molar-refractivity contribution in [2.75, 3.05) is 0 Å². The van der Waals surface area contributed by atoms with Crippen molar-refractivity contribution >= 4 is 23.6 Å². The second kappa shape index (κ2) is 6.75. The van der Waals surface area contributed by atoms with E-state index in [0.29, 0.717) is 11.1 Å². The third-order valence-electron chi connectivity index (χ3n) is 2.48. The Morgan fingerprint density at radius 1 is 1.42 bits per heavy atom. The van der Waals surface area contributed by atoms with Crippen LogP contribution in [0, 0.1) is 12.8 Å². The Bertz CT molecular complexity index is 475. The van der Waals surface area contributed by atoms with Crippen LogP contribution in [0.4, 0.5) is 0 Å². The molecule has 1 N–H and O–H groups in total. The number of halogens is 1. The Labute approximate surface area is 119 Å². The third kappa shape index (κ3) is 4.71. The summed E-state index contributed by atoms with van der Waals surface area (Å²) in [5, 5.41) is 7.77. The molecule has 4 nitrogen and oxygen atoms in total. The maximum atomic E-state index is 11.6. The van der Waals surface area contributed by atoms with Crippen LogP contribution in [0.25, 0.3) is 6.08 Å². The Morgan fingerprint density at radius 3 is 2.58 bits per heavy atom. The van der Waals surface area contributed by atoms with Gasteiger partial charge in [0.1, 0.15) is 5.15 Å². The average Bonchev–Trinajstić information content (AvgIpc) is 2.50. The molecule has 0 fully saturated rings. The molecular weight excluding hydrogens is 262 g/mol. The van der Waals surface area contributed by atoms with E-state index >= 15 is 0 Å². The molecule has 0 aliphatic rings. The molecule has 0 aromatic carbocycles. The number of nitrogens with one attached hydrogen (secondary N) is 1. The number of aryl methyl sites for hydroxylation is 1. The second-order valence-corrected chi connectivity index (χ2v) is 5.72. The number of carbonyl (C=O) groups is 1. The van der Waals surface area contributed by atoms with Crippen molar-refractivity contribution in [3.8, 4) is 0 Å². The number of rotatable bonds is 5. The van der Waals surface area contributed by atoms with E-state index in [9.17, 15) is 4.79 Å². The lowest BCUT2D eigenvalue weighted by molar-refractivity contribution is -0.116. The molecule has 1 heterocycles. The molecule has 0 aliphatic carbocycles. The van der Waals surface area contributed by atoms with Gasteiger partial charge in [-0.15, -0.1) is 0 Å². The summed E-state index contributed by atoms with van der Waals surface area (Å²) in [5.74, 6) is 0.347. The molecule has 0 saturated heterocycles. The minimum absolute atomic E-state index is 0.123. The molecule has 0 aliphatic heterocycles. The summed E-state index contributed by atoms with van der Waals surface area (Å²) in [6.07, 6.45) is 3.22. The molecule has 106 valence electrons. The van der Waals surface area contributed by atoms with Crippen LogP contribution in [-0.4, -0.2) is 21.7 Å². The number of nitrogens with zero attached hydrogens (tertiary/aromatic N) is 2. The molecule has 0 spiro atoms. The van der Waals surface area contributed by atoms with Crippen LogP contribution < -0.4 is 5.32 Å². The summed E-state index contributed by atoms with van der Waals surface area (Å²) >= 11 is 6.28. The van der Waals surface area contributed by atoms with Crippen molar-refractivity contribution in [2.24, 2.45) is 5.92 Å². The Morgan fingerprint density at radius 2 is 2.05 bits per heavy atom. The van der Waals surface area contributed by atoms with E-state index in [-0.39, 0.29) is 11.9 Å². The first-order chi connectivity index (χ1) is 8.81. The van der Waals surface area contributed by atoms with Gasteiger partial charge >= 0.3 is 0 Å². The molecule has 0 saturated carbocycles. The SMILES string of the molecule is Cc1nn(CC(C)C)c(Cl)c1/C=C/C(=O)NC(C)C. The number of amides is 1. The first-order valence-electron chi connectivity index (χ1n) is 6.52. The topological polar surface area (TPSA) is 46.9 Å². The fourth-order valence-corrected chi connectivity index (χ4v) is 2.02. The van der Waals surface area contributed by atoms with Crippen molar-refractivity contribution in [3.63, 3.8) is 0 Å². The van der Waals surface area contributed by atoms with Crippen LogP contribution in [0.2, 0.25) is 5.15 Å². The minimum Gasteiger partial charge on any atom is -0.350 e. The van der Waals surface area contributed by atoms with Crippen LogP contribution in [0.15, 0.2) is 6.08 Å². The molecule has 19 heavy (non-hydrogen) atoms. The van der Waals surface area contributed by atoms with Gasteiger partial charge in [-0.2, -0.15) is 5.10 Å². The van der Waals surface area contributed by atoms with Crippen LogP contribution in [0.5, 0.6) is 0 Å². The quantitative estimate of drug-likeness (QED) is 0.845. The van der Waals surface area contributed by atoms with Gasteiger partial charge in [-0.1, -0.05) is 25.4 Å². The highest BCUT2D eigenvalue weighted by Gasteiger charge is 2.12. The minimum atomic E-state index is -0.123. The maximum absolute atomic E-state index is 11.6. The first kappa shape index (κ1) is 15.8. The van der Waals surface area contributed by atoms with Crippen molar-refractivity contribution in [1.29, 1.82) is 0 Å². The fraction of sp³-hybridized carbons (Fsp3) is 0.571. The van der Waals surface area contributed by atoms with Gasteiger partial charge in [0.15, 0.2) is 0 Å². The molecule has 5 heteroatoms. The van der Waals surface area contributed by atoms with E-state index in [1.807, 2.05) is 20.8 Å². The van der Waals surface area contributed by atoms with E-state index in [1.54, 1.807) is 10.8 Å². The van der Waals surface area contributed by atoms with Crippen LogP contribution in [0.3, 0.4) is 0 Å². The number of carbonyl (C=O) groups excluding carboxylic acids is 1. The van der Waals surface area contributed by atoms with Gasteiger partial charge in [-0.3, -0.25) is 9.48 Å². The Balaban J connectivity index is 2.87. The molecule has 1 aromatic rings. The van der Waals surface area contributed by atoms with Gasteiger partial charge in [0.25, 0.3) is 0 Å². The van der Waals surface area contributed by atoms with Gasteiger partial charge < -0.3 is 5.32 Å². The lowest BCUT2D eigenvalue weighted by atomic mass is 10.2. The van der Waals surface area contributed by atoms with E-state index in [4.69, 9.17) is 11.6 Å². The largest absolute Gasteiger partial charge is 0.350 e. The number of hydrogen-bond acceptors (Lipinski definition) is 2. The van der Waals surface area contributed by atoms with Crippen LogP contribution >= 0.6 is 11.6 Å². The van der Waals surface area contributed by atoms with Crippen LogP contribution in [0.1, 0.15) is 39.0 Å². The summed E-state index contributed by atoms with van der Waals surface area (Å²) in [4.78, 5) is 11.6. The number of aromatic nitrogens is 2. The van der Waals surface area contributed by atoms with Crippen molar-refractivity contribution in [3.05, 3.63) is 22.5 Å². The van der Waals surface area contributed by atoms with E-state index in [0.717, 1.165) is 17.8 Å². The van der Waals surface area contributed by atoms with Crippen molar-refractivity contribution < 1.29 is 4.79 Å². The number of hydrogen-bond donors (Lipinski definition) is 1. The van der Waals surface area contributed by atoms with Crippen molar-refractivity contribution in [2.45, 2.75) is 47.2 Å². The summed E-state index contributed by atoms with van der Waals surface area (Å²) in [6.45, 7) is 10.7. The fourth-order valence-electron chi connectivity index (χ4n) is 1.72. The predicted molar refractivity (Wildman–Crippen MR) is 79.1 cm³/mol. The van der Waals surface area contributed by atoms with Crippen molar-refractivity contribution in [1.82, 2.24) is 15.1 Å². The molecule has 1 amide bonds. The molecular formula is C14H22ClN3O. The van der Waals surface area contributed by atoms with E-state index in [1.165, 1.54) is 6.08 Å². The summed E-state index contributed by atoms with van der Waals surface area (Å²) in [6, 6.07) is 0.123. The zero-order chi connectivity index (χ0) is 14.6. The molecule has 1 aromatic heterocycles. The van der Waals surface area contributed by atoms with Gasteiger partial charge in [0, 0.05) is 24.2 Å². The van der Waals surface area contributed by atoms with Gasteiger partial charge in [-0.25, -0.2) is 0 Å². The standard InChI is InChI=1S/C14H22ClN3O/c1-9(2)8-18-14(15)12(11(5)17-18)6-7-13(19)16-10(3)4/h6-7,9-10H,8H2,1-5H3,(H,16,19)/b7-6+. The molecule has 0 unspecified atom stereocenters. The first-order valence-corrected chi connectivity index (χ1v) is 6.90. The highest BCUT2D eigenvalue weighted by atomic mass is 35.5. The van der Waals surface area contributed by atoms with Gasteiger partial charge in [0.2, 0.25) is 5.91 Å². The molecule has 1 rings (SSSR count).